The van der Waals surface area contributed by atoms with Gasteiger partial charge < -0.3 is 24.3 Å². The van der Waals surface area contributed by atoms with E-state index in [1.807, 2.05) is 58.0 Å². The second-order valence-corrected chi connectivity index (χ2v) is 10.5. The van der Waals surface area contributed by atoms with Crippen molar-refractivity contribution in [3.05, 3.63) is 35.9 Å². The van der Waals surface area contributed by atoms with Gasteiger partial charge >= 0.3 is 24.2 Å². The summed E-state index contributed by atoms with van der Waals surface area (Å²) in [5.41, 5.74) is 0.287. The third-order valence-electron chi connectivity index (χ3n) is 5.54. The highest BCUT2D eigenvalue weighted by atomic mass is 16.6. The molecule has 0 saturated carbocycles. The maximum atomic E-state index is 12.0. The Kier molecular flexibility index (Phi) is 9.72. The standard InChI is InChI=1S/C14H17NO4.C12H21NO4/c1-9(2)12-11(15-14(17)19-12)13(16)18-8-10-6-4-3-5-7-10;1-7(2)9-8(3)13(10(14)16-9)11(15)17-12(4,5)6/h3-7,9,11-12H,8H2,1-2H3,(H,15,17);7-9H,1-6H3/t11-,12-;8-,9-/m00/s1. The van der Waals surface area contributed by atoms with Crippen molar-refractivity contribution in [2.75, 3.05) is 0 Å². The lowest BCUT2D eigenvalue weighted by molar-refractivity contribution is -0.149. The lowest BCUT2D eigenvalue weighted by atomic mass is 10.0. The quantitative estimate of drug-likeness (QED) is 0.453. The predicted octanol–water partition coefficient (Wildman–Crippen LogP) is 4.65. The van der Waals surface area contributed by atoms with Gasteiger partial charge in [0.05, 0.1) is 6.04 Å². The fourth-order valence-electron chi connectivity index (χ4n) is 3.80. The number of amides is 3. The minimum atomic E-state index is -0.726. The highest BCUT2D eigenvalue weighted by Gasteiger charge is 2.45. The van der Waals surface area contributed by atoms with Crippen LogP contribution in [0.3, 0.4) is 0 Å². The Morgan fingerprint density at radius 1 is 1.00 bits per heavy atom. The number of hydrogen-bond donors (Lipinski definition) is 1. The van der Waals surface area contributed by atoms with Crippen LogP contribution in [-0.4, -0.2) is 59.0 Å². The van der Waals surface area contributed by atoms with Crippen molar-refractivity contribution in [2.24, 2.45) is 11.8 Å². The second kappa shape index (κ2) is 12.1. The first kappa shape index (κ1) is 28.9. The lowest BCUT2D eigenvalue weighted by Crippen LogP contribution is -2.43. The molecule has 3 rings (SSSR count). The molecule has 1 N–H and O–H groups in total. The number of imide groups is 1. The van der Waals surface area contributed by atoms with Crippen molar-refractivity contribution < 1.29 is 38.1 Å². The lowest BCUT2D eigenvalue weighted by Gasteiger charge is -2.25. The summed E-state index contributed by atoms with van der Waals surface area (Å²) >= 11 is 0. The van der Waals surface area contributed by atoms with Crippen LogP contribution >= 0.6 is 0 Å². The van der Waals surface area contributed by atoms with Crippen LogP contribution in [0.1, 0.15) is 61.0 Å². The summed E-state index contributed by atoms with van der Waals surface area (Å²) in [7, 11) is 0. The van der Waals surface area contributed by atoms with Crippen LogP contribution in [0.5, 0.6) is 0 Å². The van der Waals surface area contributed by atoms with Gasteiger partial charge in [0, 0.05) is 0 Å². The van der Waals surface area contributed by atoms with E-state index in [2.05, 4.69) is 5.32 Å². The molecule has 1 aromatic carbocycles. The summed E-state index contributed by atoms with van der Waals surface area (Å²) in [5.74, 6) is -0.247. The number of carbonyl (C=O) groups excluding carboxylic acids is 4. The van der Waals surface area contributed by atoms with Gasteiger partial charge in [0.1, 0.15) is 24.4 Å². The minimum absolute atomic E-state index is 0.0493. The average molecular weight is 507 g/mol. The molecule has 1 aromatic rings. The summed E-state index contributed by atoms with van der Waals surface area (Å²) < 4.78 is 20.6. The first-order valence-electron chi connectivity index (χ1n) is 12.1. The van der Waals surface area contributed by atoms with Gasteiger partial charge in [0.15, 0.2) is 6.04 Å². The molecule has 0 unspecified atom stereocenters. The van der Waals surface area contributed by atoms with Crippen LogP contribution < -0.4 is 5.32 Å². The normalized spacial score (nSPS) is 23.4. The molecule has 0 aromatic heterocycles. The molecule has 200 valence electrons. The van der Waals surface area contributed by atoms with E-state index in [-0.39, 0.29) is 30.6 Å². The number of nitrogens with zero attached hydrogens (tertiary/aromatic N) is 1. The molecule has 2 fully saturated rings. The largest absolute Gasteiger partial charge is 0.459 e. The van der Waals surface area contributed by atoms with Crippen LogP contribution in [0.25, 0.3) is 0 Å². The Morgan fingerprint density at radius 2 is 1.58 bits per heavy atom. The number of alkyl carbamates (subject to hydrolysis) is 1. The first-order valence-corrected chi connectivity index (χ1v) is 12.1. The van der Waals surface area contributed by atoms with E-state index in [4.69, 9.17) is 18.9 Å². The highest BCUT2D eigenvalue weighted by Crippen LogP contribution is 2.26. The van der Waals surface area contributed by atoms with Gasteiger partial charge in [-0.25, -0.2) is 24.1 Å². The van der Waals surface area contributed by atoms with Gasteiger partial charge in [0.25, 0.3) is 0 Å². The molecule has 10 heteroatoms. The van der Waals surface area contributed by atoms with Crippen molar-refractivity contribution in [3.63, 3.8) is 0 Å². The van der Waals surface area contributed by atoms with Gasteiger partial charge in [-0.05, 0) is 45.1 Å². The number of rotatable bonds is 5. The Hall–Kier alpha value is -3.30. The summed E-state index contributed by atoms with van der Waals surface area (Å²) in [6.07, 6.45) is -2.57. The Bertz CT molecular complexity index is 926. The van der Waals surface area contributed by atoms with E-state index in [0.29, 0.717) is 0 Å². The van der Waals surface area contributed by atoms with Gasteiger partial charge in [-0.2, -0.15) is 0 Å². The highest BCUT2D eigenvalue weighted by molar-refractivity contribution is 5.90. The number of cyclic esters (lactones) is 2. The van der Waals surface area contributed by atoms with E-state index in [1.165, 1.54) is 0 Å². The van der Waals surface area contributed by atoms with Crippen molar-refractivity contribution in [2.45, 2.75) is 91.9 Å². The van der Waals surface area contributed by atoms with Crippen molar-refractivity contribution in [1.82, 2.24) is 10.2 Å². The van der Waals surface area contributed by atoms with E-state index in [1.54, 1.807) is 27.7 Å². The van der Waals surface area contributed by atoms with Gasteiger partial charge in [0.2, 0.25) is 0 Å². The molecular formula is C26H38N2O8. The molecule has 2 aliphatic rings. The molecule has 0 aliphatic carbocycles. The number of benzene rings is 1. The maximum absolute atomic E-state index is 12.0. The van der Waals surface area contributed by atoms with E-state index in [9.17, 15) is 19.2 Å². The second-order valence-electron chi connectivity index (χ2n) is 10.5. The van der Waals surface area contributed by atoms with Crippen LogP contribution in [0.15, 0.2) is 30.3 Å². The van der Waals surface area contributed by atoms with E-state index < -0.39 is 42.0 Å². The van der Waals surface area contributed by atoms with Gasteiger partial charge in [-0.15, -0.1) is 0 Å². The summed E-state index contributed by atoms with van der Waals surface area (Å²) in [6, 6.07) is 8.37. The zero-order chi connectivity index (χ0) is 27.2. The molecule has 4 atom stereocenters. The third kappa shape index (κ3) is 7.86. The summed E-state index contributed by atoms with van der Waals surface area (Å²) in [4.78, 5) is 47.7. The van der Waals surface area contributed by atoms with Crippen molar-refractivity contribution in [3.8, 4) is 0 Å². The van der Waals surface area contributed by atoms with Crippen LogP contribution in [0.4, 0.5) is 14.4 Å². The van der Waals surface area contributed by atoms with Crippen LogP contribution in [0.2, 0.25) is 0 Å². The molecule has 2 aliphatic heterocycles. The van der Waals surface area contributed by atoms with Crippen LogP contribution in [0, 0.1) is 11.8 Å². The summed E-state index contributed by atoms with van der Waals surface area (Å²) in [6.45, 7) is 15.0. The molecule has 0 radical (unpaired) electrons. The topological polar surface area (TPSA) is 120 Å². The minimum Gasteiger partial charge on any atom is -0.459 e. The molecule has 0 bridgehead atoms. The molecule has 0 spiro atoms. The number of ether oxygens (including phenoxy) is 4. The molecule has 2 heterocycles. The zero-order valence-electron chi connectivity index (χ0n) is 22.3. The SMILES string of the molecule is CC(C)[C@@H]1OC(=O)N(C(=O)OC(C)(C)C)[C@H]1C.CC(C)[C@@H]1OC(=O)N[C@@H]1C(=O)OCc1ccccc1. The van der Waals surface area contributed by atoms with E-state index >= 15 is 0 Å². The fourth-order valence-corrected chi connectivity index (χ4v) is 3.80. The Balaban J connectivity index is 0.000000255. The fraction of sp³-hybridized carbons (Fsp3) is 0.615. The number of nitrogens with one attached hydrogen (secondary N) is 1. The van der Waals surface area contributed by atoms with Gasteiger partial charge in [-0.3, -0.25) is 0 Å². The Morgan fingerprint density at radius 3 is 2.08 bits per heavy atom. The van der Waals surface area contributed by atoms with Crippen molar-refractivity contribution >= 4 is 24.2 Å². The molecule has 36 heavy (non-hydrogen) atoms. The maximum Gasteiger partial charge on any atom is 0.420 e. The summed E-state index contributed by atoms with van der Waals surface area (Å²) in [5, 5.41) is 2.49. The number of carbonyl (C=O) groups is 4. The Labute approximate surface area is 212 Å². The number of esters is 1. The van der Waals surface area contributed by atoms with E-state index in [0.717, 1.165) is 10.5 Å². The molecular weight excluding hydrogens is 468 g/mol. The first-order chi connectivity index (χ1) is 16.7. The zero-order valence-corrected chi connectivity index (χ0v) is 22.3. The predicted molar refractivity (Wildman–Crippen MR) is 131 cm³/mol. The smallest absolute Gasteiger partial charge is 0.420 e. The molecule has 3 amide bonds. The molecule has 10 nitrogen and oxygen atoms in total. The third-order valence-corrected chi connectivity index (χ3v) is 5.54. The van der Waals surface area contributed by atoms with Gasteiger partial charge in [-0.1, -0.05) is 58.0 Å². The monoisotopic (exact) mass is 506 g/mol. The number of hydrogen-bond acceptors (Lipinski definition) is 8. The average Bonchev–Trinajstić information content (AvgIpc) is 3.31. The van der Waals surface area contributed by atoms with Crippen molar-refractivity contribution in [1.29, 1.82) is 0 Å². The van der Waals surface area contributed by atoms with Crippen LogP contribution in [-0.2, 0) is 30.3 Å². The molecule has 2 saturated heterocycles.